The number of benzene rings is 1. The number of aryl methyl sites for hydroxylation is 2. The van der Waals surface area contributed by atoms with Gasteiger partial charge in [0.25, 0.3) is 5.91 Å². The van der Waals surface area contributed by atoms with E-state index in [4.69, 9.17) is 0 Å². The van der Waals surface area contributed by atoms with Crippen LogP contribution in [-0.2, 0) is 0 Å². The van der Waals surface area contributed by atoms with Crippen LogP contribution in [0.4, 0.5) is 4.39 Å². The Labute approximate surface area is 105 Å². The molecule has 2 aromatic rings. The van der Waals surface area contributed by atoms with Gasteiger partial charge >= 0.3 is 0 Å². The quantitative estimate of drug-likeness (QED) is 0.761. The lowest BCUT2D eigenvalue weighted by Crippen LogP contribution is -2.10. The van der Waals surface area contributed by atoms with Gasteiger partial charge in [0.1, 0.15) is 5.82 Å². The molecule has 0 saturated heterocycles. The summed E-state index contributed by atoms with van der Waals surface area (Å²) in [4.78, 5) is 11.9. The molecule has 0 radical (unpaired) electrons. The standard InChI is InChI=1S/C14H13FN2O/c1-10-9-11(2)17(16-10)14(18)8-5-12-3-6-13(15)7-4-12/h3-9H,1-2H3/b8-5+. The Bertz CT molecular complexity index is 597. The molecule has 18 heavy (non-hydrogen) atoms. The van der Waals surface area contributed by atoms with Crippen LogP contribution >= 0.6 is 0 Å². The van der Waals surface area contributed by atoms with Crippen molar-refractivity contribution in [1.82, 2.24) is 9.78 Å². The van der Waals surface area contributed by atoms with Gasteiger partial charge in [-0.1, -0.05) is 12.1 Å². The van der Waals surface area contributed by atoms with Crippen LogP contribution in [0.3, 0.4) is 0 Å². The molecule has 92 valence electrons. The van der Waals surface area contributed by atoms with Gasteiger partial charge in [-0.05, 0) is 43.7 Å². The summed E-state index contributed by atoms with van der Waals surface area (Å²) < 4.78 is 14.0. The van der Waals surface area contributed by atoms with Crippen molar-refractivity contribution in [3.63, 3.8) is 0 Å². The normalized spacial score (nSPS) is 11.1. The van der Waals surface area contributed by atoms with E-state index in [2.05, 4.69) is 5.10 Å². The molecule has 0 spiro atoms. The Morgan fingerprint density at radius 2 is 1.94 bits per heavy atom. The molecule has 4 heteroatoms. The van der Waals surface area contributed by atoms with E-state index >= 15 is 0 Å². The van der Waals surface area contributed by atoms with Crippen molar-refractivity contribution < 1.29 is 9.18 Å². The molecule has 0 fully saturated rings. The molecule has 0 bridgehead atoms. The maximum Gasteiger partial charge on any atom is 0.271 e. The second-order valence-electron chi connectivity index (χ2n) is 4.06. The number of halogens is 1. The zero-order valence-electron chi connectivity index (χ0n) is 10.2. The maximum absolute atomic E-state index is 12.7. The van der Waals surface area contributed by atoms with E-state index in [0.29, 0.717) is 0 Å². The van der Waals surface area contributed by atoms with E-state index in [0.717, 1.165) is 17.0 Å². The van der Waals surface area contributed by atoms with Gasteiger partial charge in [0.2, 0.25) is 0 Å². The predicted molar refractivity (Wildman–Crippen MR) is 67.8 cm³/mol. The molecule has 2 rings (SSSR count). The average Bonchev–Trinajstić information content (AvgIpc) is 2.67. The molecule has 1 aromatic heterocycles. The van der Waals surface area contributed by atoms with Crippen molar-refractivity contribution in [2.45, 2.75) is 13.8 Å². The fourth-order valence-corrected chi connectivity index (χ4v) is 1.66. The summed E-state index contributed by atoms with van der Waals surface area (Å²) in [5.41, 5.74) is 2.36. The molecular weight excluding hydrogens is 231 g/mol. The number of hydrogen-bond acceptors (Lipinski definition) is 2. The van der Waals surface area contributed by atoms with E-state index in [9.17, 15) is 9.18 Å². The minimum atomic E-state index is -0.294. The summed E-state index contributed by atoms with van der Waals surface area (Å²) in [6, 6.07) is 7.77. The molecule has 0 N–H and O–H groups in total. The number of aromatic nitrogens is 2. The van der Waals surface area contributed by atoms with Crippen LogP contribution in [0.2, 0.25) is 0 Å². The van der Waals surface area contributed by atoms with Gasteiger partial charge in [-0.2, -0.15) is 5.10 Å². The molecular formula is C14H13FN2O. The van der Waals surface area contributed by atoms with E-state index in [1.165, 1.54) is 22.9 Å². The summed E-state index contributed by atoms with van der Waals surface area (Å²) in [7, 11) is 0. The molecule has 1 heterocycles. The second-order valence-corrected chi connectivity index (χ2v) is 4.06. The Morgan fingerprint density at radius 1 is 1.28 bits per heavy atom. The molecule has 0 saturated carbocycles. The second kappa shape index (κ2) is 4.96. The summed E-state index contributed by atoms with van der Waals surface area (Å²) in [5, 5.41) is 4.09. The van der Waals surface area contributed by atoms with Gasteiger partial charge in [0, 0.05) is 11.8 Å². The zero-order valence-corrected chi connectivity index (χ0v) is 10.2. The third kappa shape index (κ3) is 2.71. The van der Waals surface area contributed by atoms with Gasteiger partial charge in [-0.15, -0.1) is 0 Å². The van der Waals surface area contributed by atoms with Gasteiger partial charge in [-0.25, -0.2) is 9.07 Å². The van der Waals surface area contributed by atoms with E-state index in [1.54, 1.807) is 18.2 Å². The van der Waals surface area contributed by atoms with Crippen molar-refractivity contribution in [3.05, 3.63) is 59.2 Å². The zero-order chi connectivity index (χ0) is 13.1. The highest BCUT2D eigenvalue weighted by atomic mass is 19.1. The fourth-order valence-electron chi connectivity index (χ4n) is 1.66. The lowest BCUT2D eigenvalue weighted by molar-refractivity contribution is 0.0952. The number of carbonyl (C=O) groups is 1. The first-order valence-electron chi connectivity index (χ1n) is 5.57. The SMILES string of the molecule is Cc1cc(C)n(C(=O)/C=C/c2ccc(F)cc2)n1. The molecule has 1 aromatic carbocycles. The first-order chi connectivity index (χ1) is 8.56. The number of hydrogen-bond donors (Lipinski definition) is 0. The monoisotopic (exact) mass is 244 g/mol. The Kier molecular flexibility index (Phi) is 3.37. The minimum absolute atomic E-state index is 0.218. The molecule has 0 aliphatic rings. The first kappa shape index (κ1) is 12.2. The van der Waals surface area contributed by atoms with Crippen LogP contribution in [-0.4, -0.2) is 15.7 Å². The molecule has 0 aliphatic carbocycles. The Balaban J connectivity index is 2.16. The van der Waals surface area contributed by atoms with Crippen molar-refractivity contribution >= 4 is 12.0 Å². The third-order valence-corrected chi connectivity index (χ3v) is 2.51. The van der Waals surface area contributed by atoms with Gasteiger partial charge in [-0.3, -0.25) is 4.79 Å². The number of carbonyl (C=O) groups excluding carboxylic acids is 1. The van der Waals surface area contributed by atoms with E-state index < -0.39 is 0 Å². The lowest BCUT2D eigenvalue weighted by atomic mass is 10.2. The lowest BCUT2D eigenvalue weighted by Gasteiger charge is -1.97. The third-order valence-electron chi connectivity index (χ3n) is 2.51. The predicted octanol–water partition coefficient (Wildman–Crippen LogP) is 2.99. The van der Waals surface area contributed by atoms with Gasteiger partial charge in [0.15, 0.2) is 0 Å². The van der Waals surface area contributed by atoms with Gasteiger partial charge < -0.3 is 0 Å². The fraction of sp³-hybridized carbons (Fsp3) is 0.143. The Morgan fingerprint density at radius 3 is 2.50 bits per heavy atom. The molecule has 0 unspecified atom stereocenters. The highest BCUT2D eigenvalue weighted by Crippen LogP contribution is 2.06. The highest BCUT2D eigenvalue weighted by Gasteiger charge is 2.06. The smallest absolute Gasteiger partial charge is 0.267 e. The van der Waals surface area contributed by atoms with Crippen molar-refractivity contribution in [2.75, 3.05) is 0 Å². The first-order valence-corrected chi connectivity index (χ1v) is 5.57. The van der Waals surface area contributed by atoms with Crippen LogP contribution in [0.1, 0.15) is 21.7 Å². The van der Waals surface area contributed by atoms with Crippen LogP contribution < -0.4 is 0 Å². The number of rotatable bonds is 2. The van der Waals surface area contributed by atoms with Crippen LogP contribution in [0.15, 0.2) is 36.4 Å². The van der Waals surface area contributed by atoms with Crippen molar-refractivity contribution in [3.8, 4) is 0 Å². The number of nitrogens with zero attached hydrogens (tertiary/aromatic N) is 2. The Hall–Kier alpha value is -2.23. The topological polar surface area (TPSA) is 34.9 Å². The summed E-state index contributed by atoms with van der Waals surface area (Å²) in [6.45, 7) is 3.66. The molecule has 0 amide bonds. The van der Waals surface area contributed by atoms with E-state index in [-0.39, 0.29) is 11.7 Å². The highest BCUT2D eigenvalue weighted by molar-refractivity contribution is 5.93. The average molecular weight is 244 g/mol. The van der Waals surface area contributed by atoms with E-state index in [1.807, 2.05) is 19.9 Å². The van der Waals surface area contributed by atoms with Gasteiger partial charge in [0.05, 0.1) is 5.69 Å². The largest absolute Gasteiger partial charge is 0.271 e. The molecule has 3 nitrogen and oxygen atoms in total. The number of allylic oxidation sites excluding steroid dienone is 1. The van der Waals surface area contributed by atoms with Crippen LogP contribution in [0.25, 0.3) is 6.08 Å². The summed E-state index contributed by atoms with van der Waals surface area (Å²) in [5.74, 6) is -0.512. The minimum Gasteiger partial charge on any atom is -0.267 e. The maximum atomic E-state index is 12.7. The van der Waals surface area contributed by atoms with Crippen LogP contribution in [0, 0.1) is 19.7 Å². The van der Waals surface area contributed by atoms with Crippen molar-refractivity contribution in [1.29, 1.82) is 0 Å². The molecule has 0 aliphatic heterocycles. The summed E-state index contributed by atoms with van der Waals surface area (Å²) in [6.07, 6.45) is 3.06. The summed E-state index contributed by atoms with van der Waals surface area (Å²) >= 11 is 0. The molecule has 0 atom stereocenters. The van der Waals surface area contributed by atoms with Crippen molar-refractivity contribution in [2.24, 2.45) is 0 Å². The van der Waals surface area contributed by atoms with Crippen LogP contribution in [0.5, 0.6) is 0 Å².